The number of thiophene rings is 1. The zero-order valence-electron chi connectivity index (χ0n) is 18.6. The van der Waals surface area contributed by atoms with Crippen molar-refractivity contribution < 1.29 is 9.53 Å². The first-order valence-corrected chi connectivity index (χ1v) is 12.2. The number of hydrogen-bond acceptors (Lipinski definition) is 4. The number of benzene rings is 1. The lowest BCUT2D eigenvalue weighted by atomic mass is 10.1. The van der Waals surface area contributed by atoms with E-state index < -0.39 is 0 Å². The van der Waals surface area contributed by atoms with E-state index in [1.807, 2.05) is 30.0 Å². The fourth-order valence-electron chi connectivity index (χ4n) is 3.68. The molecule has 0 atom stereocenters. The van der Waals surface area contributed by atoms with Gasteiger partial charge in [0.1, 0.15) is 5.75 Å². The summed E-state index contributed by atoms with van der Waals surface area (Å²) >= 11 is 1.80. The van der Waals surface area contributed by atoms with Crippen LogP contribution in [0.4, 0.5) is 0 Å². The van der Waals surface area contributed by atoms with E-state index in [4.69, 9.17) is 9.73 Å². The van der Waals surface area contributed by atoms with E-state index in [0.717, 1.165) is 55.9 Å². The molecule has 8 heteroatoms. The number of hydrogen-bond donors (Lipinski definition) is 2. The number of nitrogens with zero attached hydrogens (tertiary/aromatic N) is 2. The highest BCUT2D eigenvalue weighted by Gasteiger charge is 2.22. The number of rotatable bonds is 9. The molecule has 1 saturated carbocycles. The number of halogens is 1. The van der Waals surface area contributed by atoms with E-state index in [1.54, 1.807) is 11.3 Å². The highest BCUT2D eigenvalue weighted by atomic mass is 127. The Morgan fingerprint density at radius 1 is 1.25 bits per heavy atom. The van der Waals surface area contributed by atoms with Crippen molar-refractivity contribution in [2.24, 2.45) is 10.9 Å². The number of ether oxygens (including phenoxy) is 1. The number of carbonyl (C=O) groups is 1. The van der Waals surface area contributed by atoms with Gasteiger partial charge in [-0.15, -0.1) is 35.3 Å². The third-order valence-corrected chi connectivity index (χ3v) is 6.71. The lowest BCUT2D eigenvalue weighted by molar-refractivity contribution is -0.131. The molecule has 2 aliphatic rings. The van der Waals surface area contributed by atoms with Crippen molar-refractivity contribution in [1.82, 2.24) is 15.5 Å². The Morgan fingerprint density at radius 3 is 2.91 bits per heavy atom. The minimum absolute atomic E-state index is 0. The molecule has 0 unspecified atom stereocenters. The first kappa shape index (κ1) is 24.8. The molecule has 0 radical (unpaired) electrons. The van der Waals surface area contributed by atoms with Crippen LogP contribution in [0, 0.1) is 5.92 Å². The molecule has 2 aromatic rings. The predicted octanol–water partition coefficient (Wildman–Crippen LogP) is 4.19. The van der Waals surface area contributed by atoms with Crippen LogP contribution >= 0.6 is 35.3 Å². The standard InChI is InChI=1S/C24H32N4O2S.HI/c1-2-25-24(27-15-19-5-3-4-6-21(19)30-17-18-7-8-18)26-12-9-23(29)28-13-10-22-20(16-28)11-14-31-22;/h3-6,11,14,18H,2,7-10,12-13,15-17H2,1H3,(H2,25,26,27);1H. The molecule has 174 valence electrons. The zero-order valence-corrected chi connectivity index (χ0v) is 21.8. The number of aliphatic imine (C=N–C) groups is 1. The largest absolute Gasteiger partial charge is 0.493 e. The fourth-order valence-corrected chi connectivity index (χ4v) is 4.57. The minimum Gasteiger partial charge on any atom is -0.493 e. The van der Waals surface area contributed by atoms with Gasteiger partial charge in [0.2, 0.25) is 5.91 Å². The summed E-state index contributed by atoms with van der Waals surface area (Å²) in [6, 6.07) is 10.2. The molecular weight excluding hydrogens is 535 g/mol. The van der Waals surface area contributed by atoms with Gasteiger partial charge in [0, 0.05) is 43.0 Å². The van der Waals surface area contributed by atoms with E-state index in [2.05, 4.69) is 28.1 Å². The summed E-state index contributed by atoms with van der Waals surface area (Å²) in [6.07, 6.45) is 3.99. The molecule has 32 heavy (non-hydrogen) atoms. The van der Waals surface area contributed by atoms with Crippen LogP contribution in [0.2, 0.25) is 0 Å². The van der Waals surface area contributed by atoms with E-state index in [-0.39, 0.29) is 29.9 Å². The molecule has 2 N–H and O–H groups in total. The van der Waals surface area contributed by atoms with Gasteiger partial charge >= 0.3 is 0 Å². The van der Waals surface area contributed by atoms with Gasteiger partial charge in [-0.25, -0.2) is 4.99 Å². The van der Waals surface area contributed by atoms with Crippen LogP contribution in [-0.2, 0) is 24.3 Å². The molecule has 6 nitrogen and oxygen atoms in total. The second-order valence-corrected chi connectivity index (χ2v) is 9.17. The Hall–Kier alpha value is -1.81. The molecular formula is C24H33IN4O2S. The van der Waals surface area contributed by atoms with Crippen LogP contribution in [0.1, 0.15) is 42.2 Å². The molecule has 1 amide bonds. The van der Waals surface area contributed by atoms with E-state index in [0.29, 0.717) is 19.5 Å². The Kier molecular flexibility index (Phi) is 9.65. The number of nitrogens with one attached hydrogen (secondary N) is 2. The summed E-state index contributed by atoms with van der Waals surface area (Å²) in [5.74, 6) is 2.56. The second-order valence-electron chi connectivity index (χ2n) is 8.17. The van der Waals surface area contributed by atoms with Gasteiger partial charge in [-0.05, 0) is 55.2 Å². The third kappa shape index (κ3) is 7.10. The highest BCUT2D eigenvalue weighted by molar-refractivity contribution is 14.0. The lowest BCUT2D eigenvalue weighted by Crippen LogP contribution is -2.41. The lowest BCUT2D eigenvalue weighted by Gasteiger charge is -2.27. The SMILES string of the molecule is CCNC(=NCc1ccccc1OCC1CC1)NCCC(=O)N1CCc2sccc2C1.I. The number of guanidine groups is 1. The second kappa shape index (κ2) is 12.4. The first-order chi connectivity index (χ1) is 15.2. The molecule has 1 aliphatic heterocycles. The molecule has 1 aromatic carbocycles. The smallest absolute Gasteiger partial charge is 0.224 e. The first-order valence-electron chi connectivity index (χ1n) is 11.3. The minimum atomic E-state index is 0. The van der Waals surface area contributed by atoms with Gasteiger partial charge in [-0.1, -0.05) is 18.2 Å². The Morgan fingerprint density at radius 2 is 2.09 bits per heavy atom. The Bertz CT molecular complexity index is 913. The van der Waals surface area contributed by atoms with Crippen molar-refractivity contribution in [2.75, 3.05) is 26.2 Å². The van der Waals surface area contributed by atoms with Crippen LogP contribution in [0.25, 0.3) is 0 Å². The van der Waals surface area contributed by atoms with Crippen molar-refractivity contribution in [3.63, 3.8) is 0 Å². The maximum Gasteiger partial charge on any atom is 0.224 e. The van der Waals surface area contributed by atoms with Crippen molar-refractivity contribution in [3.05, 3.63) is 51.7 Å². The highest BCUT2D eigenvalue weighted by Crippen LogP contribution is 2.30. The van der Waals surface area contributed by atoms with Gasteiger partial charge in [-0.2, -0.15) is 0 Å². The molecule has 0 saturated heterocycles. The molecule has 4 rings (SSSR count). The molecule has 2 heterocycles. The maximum atomic E-state index is 12.6. The van der Waals surface area contributed by atoms with Gasteiger partial charge in [0.05, 0.1) is 13.2 Å². The van der Waals surface area contributed by atoms with E-state index in [1.165, 1.54) is 23.3 Å². The summed E-state index contributed by atoms with van der Waals surface area (Å²) < 4.78 is 5.99. The Labute approximate surface area is 211 Å². The van der Waals surface area contributed by atoms with Gasteiger partial charge in [0.25, 0.3) is 0 Å². The zero-order chi connectivity index (χ0) is 21.5. The number of amides is 1. The molecule has 1 fully saturated rings. The average molecular weight is 569 g/mol. The topological polar surface area (TPSA) is 66.0 Å². The molecule has 0 spiro atoms. The maximum absolute atomic E-state index is 12.6. The summed E-state index contributed by atoms with van der Waals surface area (Å²) in [7, 11) is 0. The van der Waals surface area contributed by atoms with Crippen molar-refractivity contribution in [3.8, 4) is 5.75 Å². The molecule has 0 bridgehead atoms. The summed E-state index contributed by atoms with van der Waals surface area (Å²) in [4.78, 5) is 20.7. The van der Waals surface area contributed by atoms with Crippen molar-refractivity contribution >= 4 is 47.2 Å². The quantitative estimate of drug-likeness (QED) is 0.271. The Balaban J connectivity index is 0.00000289. The normalized spacial score (nSPS) is 15.5. The average Bonchev–Trinajstić information content (AvgIpc) is 3.50. The summed E-state index contributed by atoms with van der Waals surface area (Å²) in [6.45, 7) is 6.27. The van der Waals surface area contributed by atoms with Crippen molar-refractivity contribution in [1.29, 1.82) is 0 Å². The third-order valence-electron chi connectivity index (χ3n) is 5.69. The van der Waals surface area contributed by atoms with Gasteiger partial charge in [0.15, 0.2) is 5.96 Å². The summed E-state index contributed by atoms with van der Waals surface area (Å²) in [5, 5.41) is 8.70. The van der Waals surface area contributed by atoms with E-state index in [9.17, 15) is 4.79 Å². The van der Waals surface area contributed by atoms with Crippen LogP contribution < -0.4 is 15.4 Å². The van der Waals surface area contributed by atoms with Crippen LogP contribution in [0.15, 0.2) is 40.7 Å². The summed E-state index contributed by atoms with van der Waals surface area (Å²) in [5.41, 5.74) is 2.38. The van der Waals surface area contributed by atoms with Crippen LogP contribution in [0.5, 0.6) is 5.75 Å². The number of fused-ring (bicyclic) bond motifs is 1. The van der Waals surface area contributed by atoms with E-state index >= 15 is 0 Å². The molecule has 1 aromatic heterocycles. The monoisotopic (exact) mass is 568 g/mol. The number of carbonyl (C=O) groups excluding carboxylic acids is 1. The van der Waals surface area contributed by atoms with Crippen molar-refractivity contribution in [2.45, 2.75) is 45.7 Å². The number of para-hydroxylation sites is 1. The van der Waals surface area contributed by atoms with Gasteiger partial charge in [-0.3, -0.25) is 4.79 Å². The fraction of sp³-hybridized carbons (Fsp3) is 0.500. The van der Waals surface area contributed by atoms with Crippen LogP contribution in [-0.4, -0.2) is 43.0 Å². The van der Waals surface area contributed by atoms with Gasteiger partial charge < -0.3 is 20.3 Å². The molecule has 1 aliphatic carbocycles. The van der Waals surface area contributed by atoms with Crippen LogP contribution in [0.3, 0.4) is 0 Å². The predicted molar refractivity (Wildman–Crippen MR) is 141 cm³/mol.